The van der Waals surface area contributed by atoms with E-state index in [0.29, 0.717) is 11.8 Å². The number of hydrogen-bond acceptors (Lipinski definition) is 0. The van der Waals surface area contributed by atoms with Crippen molar-refractivity contribution < 1.29 is 25.8 Å². The number of hydrogen-bond donors (Lipinski definition) is 0. The normalized spacial score (nSPS) is 10.5. The monoisotopic (exact) mass is 552 g/mol. The second kappa shape index (κ2) is 19.5. The fourth-order valence-corrected chi connectivity index (χ4v) is 1.89. The van der Waals surface area contributed by atoms with Crippen molar-refractivity contribution in [2.24, 2.45) is 0 Å². The first kappa shape index (κ1) is 31.9. The average Bonchev–Trinajstić information content (AvgIpc) is 2.98. The average molecular weight is 552 g/mol. The van der Waals surface area contributed by atoms with Gasteiger partial charge in [0.05, 0.1) is 0 Å². The zero-order valence-electron chi connectivity index (χ0n) is 15.7. The standard InChI is InChI=1S/C12H18N.C5H5.C2H7Si.2ClH.Hf/c1-8(2)10-6-5-7-11(9(3)4)12(10)13;1-2-4-5-3-1;1-3-2;;;/h5-9,13H,1-4H3;1-3H,4H2;3H,1-2H3;2*1H;/q2*-1;;;;. The number of halogens is 2. The van der Waals surface area contributed by atoms with Gasteiger partial charge in [-0.1, -0.05) is 70.1 Å². The molecular weight excluding hydrogens is 520 g/mol. The van der Waals surface area contributed by atoms with Gasteiger partial charge in [-0.15, -0.1) is 36.9 Å². The van der Waals surface area contributed by atoms with E-state index in [9.17, 15) is 0 Å². The Hall–Kier alpha value is 0.167. The van der Waals surface area contributed by atoms with Gasteiger partial charge in [0, 0.05) is 35.4 Å². The van der Waals surface area contributed by atoms with Crippen LogP contribution in [0.15, 0.2) is 36.4 Å². The predicted octanol–water partition coefficient (Wildman–Crippen LogP) is 7.28. The maximum atomic E-state index is 8.01. The van der Waals surface area contributed by atoms with Gasteiger partial charge in [-0.25, -0.2) is 12.2 Å². The Kier molecular flexibility index (Phi) is 25.9. The van der Waals surface area contributed by atoms with Crippen molar-refractivity contribution in [2.75, 3.05) is 0 Å². The molecule has 0 saturated carbocycles. The maximum Gasteiger partial charge on any atom is 0.0213 e. The molecule has 1 aromatic rings. The Balaban J connectivity index is -0.000000154. The number of allylic oxidation sites excluding steroid dienone is 4. The molecule has 5 heteroatoms. The molecule has 0 fully saturated rings. The van der Waals surface area contributed by atoms with Crippen LogP contribution in [-0.4, -0.2) is 9.52 Å². The van der Waals surface area contributed by atoms with Crippen molar-refractivity contribution in [3.63, 3.8) is 0 Å². The van der Waals surface area contributed by atoms with Crippen LogP contribution in [0.3, 0.4) is 0 Å². The summed E-state index contributed by atoms with van der Waals surface area (Å²) >= 11 is 0. The van der Waals surface area contributed by atoms with Crippen LogP contribution in [0.25, 0.3) is 5.73 Å². The molecule has 0 amide bonds. The van der Waals surface area contributed by atoms with E-state index in [4.69, 9.17) is 5.73 Å². The Morgan fingerprint density at radius 2 is 1.42 bits per heavy atom. The van der Waals surface area contributed by atoms with Crippen molar-refractivity contribution in [2.45, 2.75) is 59.0 Å². The van der Waals surface area contributed by atoms with Crippen molar-refractivity contribution in [1.29, 1.82) is 0 Å². The van der Waals surface area contributed by atoms with Crippen LogP contribution in [0.4, 0.5) is 5.69 Å². The zero-order valence-corrected chi connectivity index (χ0v) is 22.1. The fraction of sp³-hybridized carbons (Fsp3) is 0.474. The van der Waals surface area contributed by atoms with E-state index in [1.165, 1.54) is 0 Å². The van der Waals surface area contributed by atoms with Gasteiger partial charge >= 0.3 is 0 Å². The van der Waals surface area contributed by atoms with E-state index in [2.05, 4.69) is 71.1 Å². The first-order valence-electron chi connectivity index (χ1n) is 7.75. The molecule has 1 aromatic carbocycles. The van der Waals surface area contributed by atoms with E-state index in [0.717, 1.165) is 32.8 Å². The number of rotatable bonds is 2. The molecule has 0 aliphatic heterocycles. The summed E-state index contributed by atoms with van der Waals surface area (Å²) in [5.41, 5.74) is 11.1. The molecule has 0 heterocycles. The molecule has 1 aliphatic rings. The summed E-state index contributed by atoms with van der Waals surface area (Å²) in [6.45, 7) is 13.0. The van der Waals surface area contributed by atoms with E-state index in [1.54, 1.807) is 0 Å². The molecule has 0 spiro atoms. The van der Waals surface area contributed by atoms with Crippen LogP contribution in [0.2, 0.25) is 13.1 Å². The number of nitrogens with one attached hydrogen (secondary N) is 1. The molecule has 0 unspecified atom stereocenters. The van der Waals surface area contributed by atoms with Gasteiger partial charge < -0.3 is 5.73 Å². The minimum absolute atomic E-state index is 0. The third-order valence-corrected chi connectivity index (χ3v) is 2.96. The van der Waals surface area contributed by atoms with Crippen molar-refractivity contribution >= 4 is 40.0 Å². The molecule has 24 heavy (non-hydrogen) atoms. The SMILES string of the molecule is CC(C)c1cccc(C(C)C)c1[NH-].C[SiH]C.Cl.Cl.[C-]1=CC=CC1.[Hf]. The molecule has 2 rings (SSSR count). The summed E-state index contributed by atoms with van der Waals surface area (Å²) in [5.74, 6) is 0.900. The minimum Gasteiger partial charge on any atom is -0.698 e. The fourth-order valence-electron chi connectivity index (χ4n) is 1.89. The smallest absolute Gasteiger partial charge is 0.0213 e. The first-order chi connectivity index (χ1) is 9.95. The van der Waals surface area contributed by atoms with Gasteiger partial charge in [0.1, 0.15) is 0 Å². The molecule has 137 valence electrons. The Morgan fingerprint density at radius 3 is 1.62 bits per heavy atom. The summed E-state index contributed by atoms with van der Waals surface area (Å²) in [7, 11) is 0.750. The van der Waals surface area contributed by atoms with Crippen molar-refractivity contribution in [1.82, 2.24) is 0 Å². The quantitative estimate of drug-likeness (QED) is 0.272. The molecule has 0 saturated heterocycles. The molecular formula is C19H32Cl2HfNSi-2. The van der Waals surface area contributed by atoms with Gasteiger partial charge in [-0.3, -0.25) is 6.08 Å². The van der Waals surface area contributed by atoms with Crippen LogP contribution in [-0.2, 0) is 25.8 Å². The first-order valence-corrected chi connectivity index (χ1v) is 10.1. The summed E-state index contributed by atoms with van der Waals surface area (Å²) in [6.07, 6.45) is 10.0. The van der Waals surface area contributed by atoms with Gasteiger partial charge in [0.25, 0.3) is 0 Å². The summed E-state index contributed by atoms with van der Waals surface area (Å²) in [6, 6.07) is 6.17. The molecule has 1 nitrogen and oxygen atoms in total. The topological polar surface area (TPSA) is 23.8 Å². The van der Waals surface area contributed by atoms with E-state index in [-0.39, 0.29) is 50.7 Å². The van der Waals surface area contributed by atoms with Gasteiger partial charge in [0.2, 0.25) is 0 Å². The maximum absolute atomic E-state index is 8.01. The van der Waals surface area contributed by atoms with Crippen LogP contribution < -0.4 is 0 Å². The molecule has 0 atom stereocenters. The molecule has 1 radical (unpaired) electrons. The van der Waals surface area contributed by atoms with Crippen LogP contribution >= 0.6 is 24.8 Å². The largest absolute Gasteiger partial charge is 0.698 e. The second-order valence-corrected chi connectivity index (χ2v) is 6.86. The van der Waals surface area contributed by atoms with Crippen molar-refractivity contribution in [3.05, 3.63) is 59.4 Å². The summed E-state index contributed by atoms with van der Waals surface area (Å²) in [4.78, 5) is 0. The molecule has 0 aromatic heterocycles. The van der Waals surface area contributed by atoms with E-state index in [1.807, 2.05) is 12.2 Å². The van der Waals surface area contributed by atoms with Crippen LogP contribution in [0, 0.1) is 6.08 Å². The van der Waals surface area contributed by atoms with Gasteiger partial charge in [0.15, 0.2) is 0 Å². The number of benzene rings is 1. The minimum atomic E-state index is 0. The van der Waals surface area contributed by atoms with Crippen molar-refractivity contribution in [3.8, 4) is 0 Å². The third kappa shape index (κ3) is 13.5. The molecule has 0 bridgehead atoms. The Labute approximate surface area is 183 Å². The molecule has 1 aliphatic carbocycles. The van der Waals surface area contributed by atoms with E-state index >= 15 is 0 Å². The third-order valence-electron chi connectivity index (χ3n) is 2.96. The second-order valence-electron chi connectivity index (χ2n) is 5.70. The van der Waals surface area contributed by atoms with E-state index < -0.39 is 0 Å². The zero-order chi connectivity index (χ0) is 16.3. The van der Waals surface area contributed by atoms with Crippen LogP contribution in [0.5, 0.6) is 0 Å². The van der Waals surface area contributed by atoms with Gasteiger partial charge in [-0.05, 0) is 11.8 Å². The summed E-state index contributed by atoms with van der Waals surface area (Å²) in [5, 5.41) is 0. The Morgan fingerprint density at radius 1 is 1.00 bits per heavy atom. The summed E-state index contributed by atoms with van der Waals surface area (Å²) < 4.78 is 0. The van der Waals surface area contributed by atoms with Crippen LogP contribution in [0.1, 0.15) is 57.1 Å². The Bertz CT molecular complexity index is 424. The molecule has 1 N–H and O–H groups in total. The van der Waals surface area contributed by atoms with Gasteiger partial charge in [-0.2, -0.15) is 6.08 Å². The predicted molar refractivity (Wildman–Crippen MR) is 114 cm³/mol.